The molecule has 0 unspecified atom stereocenters. The lowest BCUT2D eigenvalue weighted by Crippen LogP contribution is -2.11. The van der Waals surface area contributed by atoms with Crippen LogP contribution in [0.4, 0.5) is 0 Å². The molecule has 156 valence electrons. The van der Waals surface area contributed by atoms with Gasteiger partial charge in [-0.15, -0.1) is 0 Å². The number of rotatable bonds is 5. The third kappa shape index (κ3) is 3.51. The molecule has 2 aliphatic rings. The van der Waals surface area contributed by atoms with Gasteiger partial charge in [-0.1, -0.05) is 42.5 Å². The minimum absolute atomic E-state index is 0.576. The molecule has 0 bridgehead atoms. The van der Waals surface area contributed by atoms with E-state index in [0.717, 1.165) is 24.2 Å². The van der Waals surface area contributed by atoms with Crippen LogP contribution in [0.3, 0.4) is 0 Å². The number of benzene rings is 2. The van der Waals surface area contributed by atoms with E-state index in [-0.39, 0.29) is 0 Å². The molecule has 4 heteroatoms. The molecule has 0 fully saturated rings. The molecule has 32 heavy (non-hydrogen) atoms. The van der Waals surface area contributed by atoms with Crippen LogP contribution in [0.5, 0.6) is 0 Å². The fourth-order valence-corrected chi connectivity index (χ4v) is 4.97. The Morgan fingerprint density at radius 1 is 1.09 bits per heavy atom. The molecule has 2 N–H and O–H groups in total. The Bertz CT molecular complexity index is 1330. The lowest BCUT2D eigenvalue weighted by Gasteiger charge is -2.12. The van der Waals surface area contributed by atoms with Crippen molar-refractivity contribution in [3.8, 4) is 11.1 Å². The van der Waals surface area contributed by atoms with Gasteiger partial charge in [-0.25, -0.2) is 0 Å². The van der Waals surface area contributed by atoms with Gasteiger partial charge in [0, 0.05) is 30.5 Å². The molecule has 1 aromatic heterocycles. The highest BCUT2D eigenvalue weighted by atomic mass is 15.0. The average Bonchev–Trinajstić information content (AvgIpc) is 3.46. The van der Waals surface area contributed by atoms with Crippen molar-refractivity contribution in [1.82, 2.24) is 4.57 Å². The van der Waals surface area contributed by atoms with Crippen LogP contribution in [0.2, 0.25) is 0 Å². The molecule has 2 heterocycles. The maximum atomic E-state index is 6.16. The lowest BCUT2D eigenvalue weighted by atomic mass is 10.0. The summed E-state index contributed by atoms with van der Waals surface area (Å²) in [6.45, 7) is 2.73. The second kappa shape index (κ2) is 8.29. The smallest absolute Gasteiger partial charge is 0.344 e. The Morgan fingerprint density at radius 3 is 2.69 bits per heavy atom. The topological polar surface area (TPSA) is 34.0 Å². The molecular formula is C28H27BN3+. The number of aryl methyl sites for hydroxylation is 1. The molecule has 0 saturated carbocycles. The van der Waals surface area contributed by atoms with Crippen molar-refractivity contribution in [2.45, 2.75) is 19.8 Å². The zero-order chi connectivity index (χ0) is 22.2. The van der Waals surface area contributed by atoms with Crippen LogP contribution >= 0.6 is 0 Å². The van der Waals surface area contributed by atoms with E-state index in [1.54, 1.807) is 4.49 Å². The third-order valence-corrected chi connectivity index (χ3v) is 6.50. The van der Waals surface area contributed by atoms with Gasteiger partial charge < -0.3 is 10.3 Å². The first kappa shape index (κ1) is 20.5. The number of aromatic nitrogens is 1. The summed E-state index contributed by atoms with van der Waals surface area (Å²) in [4.78, 5) is 0. The van der Waals surface area contributed by atoms with E-state index in [0.29, 0.717) is 6.54 Å². The van der Waals surface area contributed by atoms with Crippen molar-refractivity contribution in [3.63, 3.8) is 0 Å². The van der Waals surface area contributed by atoms with E-state index in [1.165, 1.54) is 44.6 Å². The van der Waals surface area contributed by atoms with Crippen molar-refractivity contribution in [1.29, 1.82) is 0 Å². The molecule has 0 saturated heterocycles. The maximum Gasteiger partial charge on any atom is 0.586 e. The summed E-state index contributed by atoms with van der Waals surface area (Å²) in [6.07, 6.45) is 12.1. The largest absolute Gasteiger partial charge is 0.586 e. The Labute approximate surface area is 191 Å². The van der Waals surface area contributed by atoms with Crippen LogP contribution < -0.4 is 5.73 Å². The highest BCUT2D eigenvalue weighted by molar-refractivity contribution is 6.01. The van der Waals surface area contributed by atoms with Crippen molar-refractivity contribution in [2.24, 2.45) is 12.8 Å². The minimum Gasteiger partial charge on any atom is -0.344 e. The van der Waals surface area contributed by atoms with Gasteiger partial charge in [0.15, 0.2) is 5.70 Å². The molecule has 1 aliphatic carbocycles. The van der Waals surface area contributed by atoms with Crippen LogP contribution in [0.25, 0.3) is 28.9 Å². The summed E-state index contributed by atoms with van der Waals surface area (Å²) < 4.78 is 3.92. The summed E-state index contributed by atoms with van der Waals surface area (Å²) in [5.41, 5.74) is 18.4. The van der Waals surface area contributed by atoms with Gasteiger partial charge in [0.2, 0.25) is 0 Å². The SMILES string of the molecule is [B][N+]1=CC=CC1=C(CCN)c1c(C)cc(/C=C/c2ccc3c(c2)-c2ccccc2C3)n1C. The third-order valence-electron chi connectivity index (χ3n) is 6.50. The second-order valence-corrected chi connectivity index (χ2v) is 8.56. The predicted octanol–water partition coefficient (Wildman–Crippen LogP) is 4.87. The number of allylic oxidation sites excluding steroid dienone is 2. The Balaban J connectivity index is 1.50. The van der Waals surface area contributed by atoms with Gasteiger partial charge in [0.05, 0.1) is 5.69 Å². The van der Waals surface area contributed by atoms with Crippen LogP contribution in [-0.4, -0.2) is 29.8 Å². The first-order chi connectivity index (χ1) is 15.6. The van der Waals surface area contributed by atoms with Crippen molar-refractivity contribution >= 4 is 31.9 Å². The Kier molecular flexibility index (Phi) is 5.32. The molecule has 0 amide bonds. The van der Waals surface area contributed by atoms with Gasteiger partial charge in [0.1, 0.15) is 6.21 Å². The van der Waals surface area contributed by atoms with Gasteiger partial charge in [0.25, 0.3) is 0 Å². The molecule has 0 spiro atoms. The minimum atomic E-state index is 0.576. The van der Waals surface area contributed by atoms with E-state index < -0.39 is 0 Å². The van der Waals surface area contributed by atoms with Crippen molar-refractivity contribution in [3.05, 3.63) is 100 Å². The van der Waals surface area contributed by atoms with Gasteiger partial charge in [-0.05, 0) is 77.9 Å². The first-order valence-corrected chi connectivity index (χ1v) is 11.1. The summed E-state index contributed by atoms with van der Waals surface area (Å²) in [5.74, 6) is 0. The Hall–Kier alpha value is -3.37. The van der Waals surface area contributed by atoms with Crippen LogP contribution in [0, 0.1) is 6.92 Å². The standard InChI is InChI=1S/C28H27BN3/c1-19-16-23(31(2)28(19)25(13-14-30)27-8-5-15-32(27)29)12-10-20-9-11-22-18-21-6-3-4-7-24(21)26(22)17-20/h3-12,15-17H,13-14,18,30H2,1-2H3/q+1/b12-10+. The van der Waals surface area contributed by atoms with Gasteiger partial charge >= 0.3 is 7.98 Å². The number of fused-ring (bicyclic) bond motifs is 3. The monoisotopic (exact) mass is 416 g/mol. The normalized spacial score (nSPS) is 15.9. The number of hydrogen-bond acceptors (Lipinski definition) is 1. The van der Waals surface area contributed by atoms with Crippen molar-refractivity contribution < 1.29 is 4.49 Å². The Morgan fingerprint density at radius 2 is 1.91 bits per heavy atom. The highest BCUT2D eigenvalue weighted by Gasteiger charge is 2.22. The number of hydrogen-bond donors (Lipinski definition) is 1. The fourth-order valence-electron chi connectivity index (χ4n) is 4.97. The summed E-state index contributed by atoms with van der Waals surface area (Å²) in [7, 11) is 8.27. The maximum absolute atomic E-state index is 6.16. The fraction of sp³-hybridized carbons (Fsp3) is 0.179. The van der Waals surface area contributed by atoms with E-state index in [2.05, 4.69) is 85.3 Å². The quantitative estimate of drug-likeness (QED) is 0.463. The van der Waals surface area contributed by atoms with Crippen LogP contribution in [-0.2, 0) is 13.5 Å². The number of nitrogens with zero attached hydrogens (tertiary/aromatic N) is 2. The van der Waals surface area contributed by atoms with Crippen molar-refractivity contribution in [2.75, 3.05) is 6.54 Å². The van der Waals surface area contributed by atoms with Gasteiger partial charge in [-0.3, -0.25) is 4.49 Å². The van der Waals surface area contributed by atoms with E-state index in [4.69, 9.17) is 13.7 Å². The summed E-state index contributed by atoms with van der Waals surface area (Å²) >= 11 is 0. The summed E-state index contributed by atoms with van der Waals surface area (Å²) in [6, 6.07) is 17.7. The van der Waals surface area contributed by atoms with Gasteiger partial charge in [-0.2, -0.15) is 0 Å². The highest BCUT2D eigenvalue weighted by Crippen LogP contribution is 2.37. The molecule has 0 atom stereocenters. The molecule has 3 aromatic rings. The molecule has 2 aromatic carbocycles. The lowest BCUT2D eigenvalue weighted by molar-refractivity contribution is -0.294. The average molecular weight is 416 g/mol. The predicted molar refractivity (Wildman–Crippen MR) is 136 cm³/mol. The first-order valence-electron chi connectivity index (χ1n) is 11.1. The van der Waals surface area contributed by atoms with E-state index in [1.807, 2.05) is 12.3 Å². The molecular weight excluding hydrogens is 389 g/mol. The zero-order valence-electron chi connectivity index (χ0n) is 18.7. The molecule has 3 nitrogen and oxygen atoms in total. The van der Waals surface area contributed by atoms with E-state index >= 15 is 0 Å². The molecule has 1 aliphatic heterocycles. The van der Waals surface area contributed by atoms with E-state index in [9.17, 15) is 0 Å². The molecule has 2 radical (unpaired) electrons. The second-order valence-electron chi connectivity index (χ2n) is 8.56. The zero-order valence-corrected chi connectivity index (χ0v) is 18.7. The van der Waals surface area contributed by atoms with Crippen LogP contribution in [0.1, 0.15) is 40.1 Å². The van der Waals surface area contributed by atoms with Crippen LogP contribution in [0.15, 0.2) is 66.4 Å². The molecule has 5 rings (SSSR count). The number of nitrogens with two attached hydrogens (primary N) is 1. The summed E-state index contributed by atoms with van der Waals surface area (Å²) in [5, 5.41) is 0.